The maximum atomic E-state index is 13.0. The van der Waals surface area contributed by atoms with Crippen LogP contribution in [0.5, 0.6) is 0 Å². The van der Waals surface area contributed by atoms with Gasteiger partial charge in [0.1, 0.15) is 5.36 Å². The van der Waals surface area contributed by atoms with Crippen molar-refractivity contribution in [3.63, 3.8) is 0 Å². The number of anilines is 1. The number of pyridine rings is 1. The third-order valence-corrected chi connectivity index (χ3v) is 1.58. The lowest BCUT2D eigenvalue weighted by Crippen LogP contribution is -2.29. The molecule has 0 spiro atoms. The number of nitrogens with zero attached hydrogens (tertiary/aromatic N) is 2. The van der Waals surface area contributed by atoms with Gasteiger partial charge >= 0.3 is 0 Å². The summed E-state index contributed by atoms with van der Waals surface area (Å²) < 4.78 is 13.0. The molecule has 1 aliphatic rings. The molecule has 4 heteroatoms. The average molecular weight is 151 g/mol. The van der Waals surface area contributed by atoms with Crippen LogP contribution in [-0.4, -0.2) is 11.5 Å². The van der Waals surface area contributed by atoms with E-state index in [1.165, 1.54) is 6.20 Å². The van der Waals surface area contributed by atoms with Crippen LogP contribution < -0.4 is 16.4 Å². The van der Waals surface area contributed by atoms with Gasteiger partial charge < -0.3 is 5.73 Å². The zero-order valence-electron chi connectivity index (χ0n) is 5.71. The number of halogens is 1. The summed E-state index contributed by atoms with van der Waals surface area (Å²) in [4.78, 5) is 7.79. The third-order valence-electron chi connectivity index (χ3n) is 1.58. The van der Waals surface area contributed by atoms with E-state index in [2.05, 4.69) is 9.98 Å². The minimum atomic E-state index is -0.455. The van der Waals surface area contributed by atoms with Crippen molar-refractivity contribution in [3.8, 4) is 0 Å². The number of nitrogens with two attached hydrogens (primary N) is 1. The van der Waals surface area contributed by atoms with E-state index in [1.807, 2.05) is 0 Å². The summed E-state index contributed by atoms with van der Waals surface area (Å²) in [5.74, 6) is -0.455. The lowest BCUT2D eigenvalue weighted by molar-refractivity contribution is 0.612. The Balaban J connectivity index is 2.95. The standard InChI is InChI=1S/C7H6FN3/c8-6-4(9)3-11-5-1-2-10-7(5)6/h1,3H,2,9H2. The molecule has 0 atom stereocenters. The van der Waals surface area contributed by atoms with Crippen molar-refractivity contribution >= 4 is 11.8 Å². The van der Waals surface area contributed by atoms with Crippen LogP contribution in [0, 0.1) is 5.82 Å². The molecule has 2 heterocycles. The highest BCUT2D eigenvalue weighted by Crippen LogP contribution is 1.98. The quantitative estimate of drug-likeness (QED) is 0.528. The molecule has 3 nitrogen and oxygen atoms in total. The van der Waals surface area contributed by atoms with E-state index in [0.717, 1.165) is 0 Å². The third kappa shape index (κ3) is 0.790. The van der Waals surface area contributed by atoms with Gasteiger partial charge in [0.15, 0.2) is 5.82 Å². The van der Waals surface area contributed by atoms with Crippen LogP contribution in [0.25, 0.3) is 6.08 Å². The molecular weight excluding hydrogens is 145 g/mol. The summed E-state index contributed by atoms with van der Waals surface area (Å²) >= 11 is 0. The lowest BCUT2D eigenvalue weighted by Gasteiger charge is -1.92. The van der Waals surface area contributed by atoms with E-state index in [0.29, 0.717) is 17.3 Å². The smallest absolute Gasteiger partial charge is 0.174 e. The number of fused-ring (bicyclic) bond motifs is 1. The highest BCUT2D eigenvalue weighted by molar-refractivity contribution is 5.38. The monoisotopic (exact) mass is 151 g/mol. The summed E-state index contributed by atoms with van der Waals surface area (Å²) in [5, 5.41) is 0.890. The highest BCUT2D eigenvalue weighted by Gasteiger charge is 2.05. The molecule has 0 saturated heterocycles. The molecule has 0 fully saturated rings. The molecule has 0 aliphatic carbocycles. The van der Waals surface area contributed by atoms with Gasteiger partial charge in [-0.2, -0.15) is 0 Å². The van der Waals surface area contributed by atoms with Crippen molar-refractivity contribution in [1.29, 1.82) is 0 Å². The predicted molar refractivity (Wildman–Crippen MR) is 38.7 cm³/mol. The summed E-state index contributed by atoms with van der Waals surface area (Å²) in [6.45, 7) is 0.503. The summed E-state index contributed by atoms with van der Waals surface area (Å²) in [6, 6.07) is 0. The first-order valence-electron chi connectivity index (χ1n) is 3.23. The van der Waals surface area contributed by atoms with Crippen LogP contribution in [-0.2, 0) is 0 Å². The predicted octanol–water partition coefficient (Wildman–Crippen LogP) is -0.783. The number of hydrogen-bond acceptors (Lipinski definition) is 3. The van der Waals surface area contributed by atoms with Gasteiger partial charge in [0.05, 0.1) is 23.8 Å². The van der Waals surface area contributed by atoms with Crippen molar-refractivity contribution in [2.24, 2.45) is 4.99 Å². The average Bonchev–Trinajstić information content (AvgIpc) is 2.45. The fraction of sp³-hybridized carbons (Fsp3) is 0.143. The molecule has 0 radical (unpaired) electrons. The fourth-order valence-electron chi connectivity index (χ4n) is 1.03. The SMILES string of the molecule is Nc1cnc2c(c1F)=NCC=2. The second kappa shape index (κ2) is 2.02. The second-order valence-electron chi connectivity index (χ2n) is 2.31. The summed E-state index contributed by atoms with van der Waals surface area (Å²) in [6.07, 6.45) is 3.07. The maximum absolute atomic E-state index is 13.0. The largest absolute Gasteiger partial charge is 0.395 e. The molecule has 0 amide bonds. The zero-order chi connectivity index (χ0) is 7.84. The molecule has 56 valence electrons. The van der Waals surface area contributed by atoms with Crippen LogP contribution in [0.4, 0.5) is 10.1 Å². The van der Waals surface area contributed by atoms with E-state index in [9.17, 15) is 4.39 Å². The van der Waals surface area contributed by atoms with E-state index in [-0.39, 0.29) is 5.69 Å². The van der Waals surface area contributed by atoms with Crippen molar-refractivity contribution in [3.05, 3.63) is 22.7 Å². The Labute approximate surface area is 62.1 Å². The van der Waals surface area contributed by atoms with E-state index in [4.69, 9.17) is 5.73 Å². The van der Waals surface area contributed by atoms with Crippen LogP contribution in [0.1, 0.15) is 0 Å². The first-order valence-corrected chi connectivity index (χ1v) is 3.23. The van der Waals surface area contributed by atoms with Crippen molar-refractivity contribution in [2.75, 3.05) is 12.3 Å². The van der Waals surface area contributed by atoms with Gasteiger partial charge in [-0.25, -0.2) is 4.39 Å². The fourth-order valence-corrected chi connectivity index (χ4v) is 1.03. The van der Waals surface area contributed by atoms with E-state index >= 15 is 0 Å². The van der Waals surface area contributed by atoms with Gasteiger partial charge in [0.25, 0.3) is 0 Å². The van der Waals surface area contributed by atoms with E-state index < -0.39 is 5.82 Å². The van der Waals surface area contributed by atoms with Gasteiger partial charge in [-0.05, 0) is 6.08 Å². The number of nitrogen functional groups attached to an aromatic ring is 1. The van der Waals surface area contributed by atoms with Gasteiger partial charge in [-0.1, -0.05) is 0 Å². The number of rotatable bonds is 0. The molecule has 2 rings (SSSR count). The minimum Gasteiger partial charge on any atom is -0.395 e. The Morgan fingerprint density at radius 2 is 2.36 bits per heavy atom. The normalized spacial score (nSPS) is 13.5. The molecule has 0 saturated carbocycles. The maximum Gasteiger partial charge on any atom is 0.174 e. The Morgan fingerprint density at radius 1 is 1.55 bits per heavy atom. The first-order chi connectivity index (χ1) is 5.29. The van der Waals surface area contributed by atoms with Gasteiger partial charge in [0.2, 0.25) is 0 Å². The molecule has 1 aromatic heterocycles. The molecule has 0 unspecified atom stereocenters. The highest BCUT2D eigenvalue weighted by atomic mass is 19.1. The Bertz CT molecular complexity index is 410. The second-order valence-corrected chi connectivity index (χ2v) is 2.31. The van der Waals surface area contributed by atoms with E-state index in [1.54, 1.807) is 6.08 Å². The molecule has 0 aromatic carbocycles. The summed E-state index contributed by atoms with van der Waals surface area (Å²) in [7, 11) is 0. The lowest BCUT2D eigenvalue weighted by atomic mass is 10.3. The van der Waals surface area contributed by atoms with Gasteiger partial charge in [-0.15, -0.1) is 0 Å². The van der Waals surface area contributed by atoms with Gasteiger partial charge in [-0.3, -0.25) is 9.98 Å². The van der Waals surface area contributed by atoms with Crippen LogP contribution in [0.15, 0.2) is 11.2 Å². The Hall–Kier alpha value is -1.45. The Kier molecular flexibility index (Phi) is 1.15. The van der Waals surface area contributed by atoms with Gasteiger partial charge in [0, 0.05) is 0 Å². The van der Waals surface area contributed by atoms with Crippen molar-refractivity contribution in [2.45, 2.75) is 0 Å². The van der Waals surface area contributed by atoms with Crippen LogP contribution >= 0.6 is 0 Å². The molecule has 1 aliphatic heterocycles. The van der Waals surface area contributed by atoms with Crippen molar-refractivity contribution in [1.82, 2.24) is 4.98 Å². The number of aromatic nitrogens is 1. The van der Waals surface area contributed by atoms with Crippen LogP contribution in [0.2, 0.25) is 0 Å². The molecule has 1 aromatic rings. The number of hydrogen-bond donors (Lipinski definition) is 1. The minimum absolute atomic E-state index is 0.0581. The topological polar surface area (TPSA) is 51.3 Å². The Morgan fingerprint density at radius 3 is 3.18 bits per heavy atom. The van der Waals surface area contributed by atoms with Crippen LogP contribution in [0.3, 0.4) is 0 Å². The van der Waals surface area contributed by atoms with Crippen molar-refractivity contribution < 1.29 is 4.39 Å². The zero-order valence-corrected chi connectivity index (χ0v) is 5.71. The molecular formula is C7H6FN3. The summed E-state index contributed by atoms with van der Waals surface area (Å²) in [5.41, 5.74) is 5.34. The first kappa shape index (κ1) is 6.27. The molecule has 11 heavy (non-hydrogen) atoms. The molecule has 0 bridgehead atoms. The molecule has 2 N–H and O–H groups in total.